The summed E-state index contributed by atoms with van der Waals surface area (Å²) in [5, 5.41) is 22.4. The Balaban J connectivity index is 1.89. The minimum absolute atomic E-state index is 0.0576. The first kappa shape index (κ1) is 15.5. The quantitative estimate of drug-likeness (QED) is 0.641. The summed E-state index contributed by atoms with van der Waals surface area (Å²) in [5.74, 6) is -1.13. The van der Waals surface area contributed by atoms with Crippen LogP contribution in [0.15, 0.2) is 28.7 Å². The van der Waals surface area contributed by atoms with E-state index in [0.717, 1.165) is 10.9 Å². The van der Waals surface area contributed by atoms with E-state index in [4.69, 9.17) is 14.3 Å². The van der Waals surface area contributed by atoms with Gasteiger partial charge in [0, 0.05) is 19.0 Å². The molecule has 21 heavy (non-hydrogen) atoms. The summed E-state index contributed by atoms with van der Waals surface area (Å²) >= 11 is 0. The number of methoxy groups -OCH3 is 1. The van der Waals surface area contributed by atoms with Gasteiger partial charge in [0.1, 0.15) is 5.58 Å². The molecule has 2 rings (SSSR count). The third-order valence-electron chi connectivity index (χ3n) is 3.13. The van der Waals surface area contributed by atoms with Crippen molar-refractivity contribution < 1.29 is 24.2 Å². The van der Waals surface area contributed by atoms with E-state index in [2.05, 4.69) is 5.32 Å². The fourth-order valence-electron chi connectivity index (χ4n) is 2.09. The molecule has 0 saturated carbocycles. The number of ether oxygens (including phenoxy) is 1. The topological polar surface area (TPSA) is 91.9 Å². The molecule has 0 fully saturated rings. The maximum Gasteiger partial charge on any atom is 0.371 e. The molecule has 0 aliphatic rings. The smallest absolute Gasteiger partial charge is 0.371 e. The average Bonchev–Trinajstić information content (AvgIpc) is 2.87. The second-order valence-electron chi connectivity index (χ2n) is 4.86. The molecule has 6 nitrogen and oxygen atoms in total. The van der Waals surface area contributed by atoms with Gasteiger partial charge in [0.2, 0.25) is 5.76 Å². The monoisotopic (exact) mass is 293 g/mol. The molecule has 0 bridgehead atoms. The highest BCUT2D eigenvalue weighted by molar-refractivity contribution is 5.91. The first-order valence-corrected chi connectivity index (χ1v) is 6.73. The lowest BCUT2D eigenvalue weighted by Gasteiger charge is -2.10. The lowest BCUT2D eigenvalue weighted by Crippen LogP contribution is -2.22. The highest BCUT2D eigenvalue weighted by atomic mass is 16.5. The van der Waals surface area contributed by atoms with E-state index in [1.54, 1.807) is 13.2 Å². The van der Waals surface area contributed by atoms with Crippen molar-refractivity contribution in [3.63, 3.8) is 0 Å². The summed E-state index contributed by atoms with van der Waals surface area (Å²) in [6.45, 7) is 1.65. The SMILES string of the molecule is COCC(O)CCNCc1ccc2oc(C(=O)O)cc2c1. The number of aliphatic hydroxyl groups is 1. The fraction of sp³-hybridized carbons (Fsp3) is 0.400. The first-order chi connectivity index (χ1) is 10.1. The molecule has 1 unspecified atom stereocenters. The van der Waals surface area contributed by atoms with E-state index in [1.807, 2.05) is 12.1 Å². The number of carbonyl (C=O) groups is 1. The van der Waals surface area contributed by atoms with E-state index < -0.39 is 12.1 Å². The van der Waals surface area contributed by atoms with Gasteiger partial charge < -0.3 is 24.7 Å². The summed E-state index contributed by atoms with van der Waals surface area (Å²) in [7, 11) is 1.56. The van der Waals surface area contributed by atoms with Gasteiger partial charge in [-0.2, -0.15) is 0 Å². The minimum atomic E-state index is -1.07. The molecule has 1 aromatic heterocycles. The lowest BCUT2D eigenvalue weighted by atomic mass is 10.1. The molecule has 114 valence electrons. The van der Waals surface area contributed by atoms with Crippen LogP contribution in [-0.4, -0.2) is 42.5 Å². The number of carboxylic acid groups (broad SMARTS) is 1. The Morgan fingerprint density at radius 2 is 2.24 bits per heavy atom. The van der Waals surface area contributed by atoms with Gasteiger partial charge in [-0.05, 0) is 36.7 Å². The number of rotatable bonds is 8. The minimum Gasteiger partial charge on any atom is -0.475 e. The maximum atomic E-state index is 10.8. The highest BCUT2D eigenvalue weighted by Gasteiger charge is 2.10. The van der Waals surface area contributed by atoms with Crippen molar-refractivity contribution in [1.82, 2.24) is 5.32 Å². The second kappa shape index (κ2) is 7.21. The maximum absolute atomic E-state index is 10.8. The Kier molecular flexibility index (Phi) is 5.32. The largest absolute Gasteiger partial charge is 0.475 e. The average molecular weight is 293 g/mol. The van der Waals surface area contributed by atoms with Gasteiger partial charge in [0.05, 0.1) is 12.7 Å². The van der Waals surface area contributed by atoms with Crippen LogP contribution in [0.1, 0.15) is 22.5 Å². The molecule has 3 N–H and O–H groups in total. The third-order valence-corrected chi connectivity index (χ3v) is 3.13. The van der Waals surface area contributed by atoms with Crippen LogP contribution in [0.4, 0.5) is 0 Å². The number of aliphatic hydroxyl groups excluding tert-OH is 1. The summed E-state index contributed by atoms with van der Waals surface area (Å²) in [6.07, 6.45) is 0.155. The summed E-state index contributed by atoms with van der Waals surface area (Å²) in [6, 6.07) is 7.06. The van der Waals surface area contributed by atoms with E-state index in [1.165, 1.54) is 6.07 Å². The number of aromatic carboxylic acids is 1. The van der Waals surface area contributed by atoms with Crippen LogP contribution >= 0.6 is 0 Å². The molecule has 2 aromatic rings. The molecule has 0 radical (unpaired) electrons. The number of benzene rings is 1. The second-order valence-corrected chi connectivity index (χ2v) is 4.86. The van der Waals surface area contributed by atoms with Crippen molar-refractivity contribution >= 4 is 16.9 Å². The van der Waals surface area contributed by atoms with Crippen molar-refractivity contribution in [2.45, 2.75) is 19.1 Å². The molecule has 0 aliphatic heterocycles. The van der Waals surface area contributed by atoms with Crippen LogP contribution in [0.2, 0.25) is 0 Å². The predicted molar refractivity (Wildman–Crippen MR) is 77.4 cm³/mol. The summed E-state index contributed by atoms with van der Waals surface area (Å²) in [5.41, 5.74) is 1.59. The van der Waals surface area contributed by atoms with Crippen molar-refractivity contribution in [3.8, 4) is 0 Å². The molecule has 0 spiro atoms. The van der Waals surface area contributed by atoms with E-state index in [-0.39, 0.29) is 5.76 Å². The molecule has 6 heteroatoms. The third kappa shape index (κ3) is 4.29. The predicted octanol–water partition coefficient (Wildman–Crippen LogP) is 1.62. The lowest BCUT2D eigenvalue weighted by molar-refractivity contribution is 0.0594. The first-order valence-electron chi connectivity index (χ1n) is 6.73. The van der Waals surface area contributed by atoms with Crippen LogP contribution in [0.25, 0.3) is 11.0 Å². The fourth-order valence-corrected chi connectivity index (χ4v) is 2.09. The van der Waals surface area contributed by atoms with Crippen LogP contribution < -0.4 is 5.32 Å². The zero-order valence-corrected chi connectivity index (χ0v) is 11.8. The normalized spacial score (nSPS) is 12.7. The number of hydrogen-bond acceptors (Lipinski definition) is 5. The molecule has 1 atom stereocenters. The Hall–Kier alpha value is -1.89. The number of carboxylic acids is 1. The van der Waals surface area contributed by atoms with Gasteiger partial charge in [-0.15, -0.1) is 0 Å². The summed E-state index contributed by atoms with van der Waals surface area (Å²) in [4.78, 5) is 10.8. The Labute approximate surface area is 122 Å². The van der Waals surface area contributed by atoms with Gasteiger partial charge in [-0.3, -0.25) is 0 Å². The van der Waals surface area contributed by atoms with Gasteiger partial charge in [0.25, 0.3) is 0 Å². The van der Waals surface area contributed by atoms with Crippen molar-refractivity contribution in [2.24, 2.45) is 0 Å². The number of nitrogens with one attached hydrogen (secondary N) is 1. The van der Waals surface area contributed by atoms with Crippen LogP contribution in [0.5, 0.6) is 0 Å². The molecule has 1 aromatic carbocycles. The molecule has 0 amide bonds. The molecule has 1 heterocycles. The highest BCUT2D eigenvalue weighted by Crippen LogP contribution is 2.20. The van der Waals surface area contributed by atoms with Crippen molar-refractivity contribution in [1.29, 1.82) is 0 Å². The van der Waals surface area contributed by atoms with E-state index in [9.17, 15) is 9.90 Å². The summed E-state index contributed by atoms with van der Waals surface area (Å²) < 4.78 is 10.1. The van der Waals surface area contributed by atoms with Crippen LogP contribution in [-0.2, 0) is 11.3 Å². The molecule has 0 saturated heterocycles. The van der Waals surface area contributed by atoms with Crippen molar-refractivity contribution in [3.05, 3.63) is 35.6 Å². The van der Waals surface area contributed by atoms with E-state index >= 15 is 0 Å². The van der Waals surface area contributed by atoms with Gasteiger partial charge in [-0.25, -0.2) is 4.79 Å². The number of fused-ring (bicyclic) bond motifs is 1. The molecular formula is C15H19NO5. The van der Waals surface area contributed by atoms with E-state index in [0.29, 0.717) is 31.7 Å². The number of furan rings is 1. The Bertz CT molecular complexity index is 607. The zero-order valence-electron chi connectivity index (χ0n) is 11.8. The van der Waals surface area contributed by atoms with Gasteiger partial charge in [-0.1, -0.05) is 6.07 Å². The Morgan fingerprint density at radius 1 is 1.43 bits per heavy atom. The molecule has 0 aliphatic carbocycles. The number of hydrogen-bond donors (Lipinski definition) is 3. The van der Waals surface area contributed by atoms with Crippen LogP contribution in [0.3, 0.4) is 0 Å². The van der Waals surface area contributed by atoms with Crippen molar-refractivity contribution in [2.75, 3.05) is 20.3 Å². The van der Waals surface area contributed by atoms with Crippen LogP contribution in [0, 0.1) is 0 Å². The molecular weight excluding hydrogens is 274 g/mol. The standard InChI is InChI=1S/C15H19NO5/c1-20-9-12(17)4-5-16-8-10-2-3-13-11(6-10)7-14(21-13)15(18)19/h2-3,6-7,12,16-17H,4-5,8-9H2,1H3,(H,18,19). The Morgan fingerprint density at radius 3 is 2.95 bits per heavy atom. The zero-order chi connectivity index (χ0) is 15.2. The van der Waals surface area contributed by atoms with Gasteiger partial charge in [0.15, 0.2) is 0 Å². The van der Waals surface area contributed by atoms with Gasteiger partial charge >= 0.3 is 5.97 Å².